The molecule has 3 aromatic heterocycles. The van der Waals surface area contributed by atoms with Crippen LogP contribution in [0, 0.1) is 6.92 Å². The normalized spacial score (nSPS) is 8.85. The molecule has 3 rings (SSSR count). The van der Waals surface area contributed by atoms with Gasteiger partial charge in [-0.2, -0.15) is 0 Å². The summed E-state index contributed by atoms with van der Waals surface area (Å²) >= 11 is 0. The van der Waals surface area contributed by atoms with E-state index in [-0.39, 0.29) is 11.8 Å². The van der Waals surface area contributed by atoms with Crippen LogP contribution in [0.1, 0.15) is 205 Å². The van der Waals surface area contributed by atoms with Crippen LogP contribution in [0.5, 0.6) is 5.88 Å². The third kappa shape index (κ3) is 33.2. The first-order valence-electron chi connectivity index (χ1n) is 20.6. The average molecular weight is 773 g/mol. The van der Waals surface area contributed by atoms with Gasteiger partial charge in [0.15, 0.2) is 0 Å². The number of hydrogen-bond acceptors (Lipinski definition) is 7. The topological polar surface area (TPSA) is 101 Å². The molecule has 9 heteroatoms. The van der Waals surface area contributed by atoms with Crippen molar-refractivity contribution in [2.45, 2.75) is 169 Å². The standard InChI is InChI=1S/C12H18N2O2.C11H16N2O.C8H12N2.3C3H8.3C2H6/c1-8(2)9-6-10(12(15)14(3)4)11(16-5)13-7-9;1-8(2)9-5-6-12-10(7-9)11(14)13(3)4;1-6(2)8-4-9-7(3)10-5-8;3*1-3-2;3*1-2/h6-8H,1-5H3;5-8H,1-4H3;4-6H,1-3H3;3*3H2,1-2H3;3*1-2H3. The Balaban J connectivity index is -0.000000140. The second-order valence-corrected chi connectivity index (χ2v) is 12.8. The van der Waals surface area contributed by atoms with Crippen LogP contribution in [0.2, 0.25) is 0 Å². The van der Waals surface area contributed by atoms with Crippen LogP contribution in [0.3, 0.4) is 0 Å². The molecule has 0 aromatic carbocycles. The van der Waals surface area contributed by atoms with E-state index in [1.807, 2.05) is 79.1 Å². The van der Waals surface area contributed by atoms with Crippen molar-refractivity contribution in [2.24, 2.45) is 0 Å². The number of carbonyl (C=O) groups excluding carboxylic acids is 2. The van der Waals surface area contributed by atoms with Crippen LogP contribution in [0.15, 0.2) is 43.0 Å². The Morgan fingerprint density at radius 2 is 0.945 bits per heavy atom. The maximum Gasteiger partial charge on any atom is 0.271 e. The van der Waals surface area contributed by atoms with Crippen LogP contribution in [0.4, 0.5) is 0 Å². The predicted octanol–water partition coefficient (Wildman–Crippen LogP) is 13.1. The van der Waals surface area contributed by atoms with Crippen molar-refractivity contribution in [1.82, 2.24) is 29.7 Å². The summed E-state index contributed by atoms with van der Waals surface area (Å²) in [5.41, 5.74) is 4.40. The number of aromatic nitrogens is 4. The second kappa shape index (κ2) is 42.9. The minimum absolute atomic E-state index is 0.0486. The van der Waals surface area contributed by atoms with E-state index in [0.717, 1.165) is 17.0 Å². The fraction of sp³-hybridized carbons (Fsp3) is 0.652. The Labute approximate surface area is 341 Å². The van der Waals surface area contributed by atoms with Crippen molar-refractivity contribution in [3.8, 4) is 5.88 Å². The SMILES string of the molecule is CC.CC.CC.CC(C)c1ccnc(C(=O)N(C)C)c1.CCC.CCC.CCC.COc1ncc(C(C)C)cc1C(=O)N(C)C.Cc1ncc(C(C)C)cn1. The Morgan fingerprint density at radius 1 is 0.582 bits per heavy atom. The number of amides is 2. The number of aryl methyl sites for hydroxylation is 1. The third-order valence-corrected chi connectivity index (χ3v) is 5.91. The quantitative estimate of drug-likeness (QED) is 0.246. The average Bonchev–Trinajstić information content (AvgIpc) is 3.18. The van der Waals surface area contributed by atoms with Gasteiger partial charge in [-0.05, 0) is 59.6 Å². The molecule has 0 saturated heterocycles. The Hall–Kier alpha value is -3.88. The van der Waals surface area contributed by atoms with Gasteiger partial charge in [0, 0.05) is 53.0 Å². The zero-order valence-corrected chi connectivity index (χ0v) is 40.3. The molecule has 0 bridgehead atoms. The van der Waals surface area contributed by atoms with Gasteiger partial charge in [0.2, 0.25) is 5.88 Å². The molecule has 3 aromatic rings. The van der Waals surface area contributed by atoms with Gasteiger partial charge in [-0.1, -0.05) is 144 Å². The molecule has 0 unspecified atom stereocenters. The highest BCUT2D eigenvalue weighted by molar-refractivity contribution is 5.96. The van der Waals surface area contributed by atoms with Crippen LogP contribution in [0.25, 0.3) is 0 Å². The van der Waals surface area contributed by atoms with Crippen molar-refractivity contribution in [2.75, 3.05) is 35.3 Å². The van der Waals surface area contributed by atoms with Gasteiger partial charge >= 0.3 is 0 Å². The van der Waals surface area contributed by atoms with Gasteiger partial charge in [-0.3, -0.25) is 14.6 Å². The number of ether oxygens (including phenoxy) is 1. The van der Waals surface area contributed by atoms with Crippen LogP contribution in [-0.4, -0.2) is 76.9 Å². The summed E-state index contributed by atoms with van der Waals surface area (Å²) in [4.78, 5) is 42.9. The lowest BCUT2D eigenvalue weighted by molar-refractivity contribution is 0.0815. The maximum atomic E-state index is 11.9. The molecular weight excluding hydrogens is 685 g/mol. The van der Waals surface area contributed by atoms with Gasteiger partial charge in [0.05, 0.1) is 7.11 Å². The largest absolute Gasteiger partial charge is 0.480 e. The van der Waals surface area contributed by atoms with Crippen LogP contribution < -0.4 is 4.74 Å². The molecule has 0 radical (unpaired) electrons. The van der Waals surface area contributed by atoms with Crippen molar-refractivity contribution in [3.63, 3.8) is 0 Å². The van der Waals surface area contributed by atoms with Gasteiger partial charge in [-0.25, -0.2) is 15.0 Å². The molecule has 0 fully saturated rings. The second-order valence-electron chi connectivity index (χ2n) is 12.8. The maximum absolute atomic E-state index is 11.9. The first kappa shape index (κ1) is 63.1. The van der Waals surface area contributed by atoms with E-state index >= 15 is 0 Å². The van der Waals surface area contributed by atoms with E-state index < -0.39 is 0 Å². The number of carbonyl (C=O) groups is 2. The van der Waals surface area contributed by atoms with Gasteiger partial charge in [-0.15, -0.1) is 0 Å². The molecule has 0 aliphatic carbocycles. The predicted molar refractivity (Wildman–Crippen MR) is 242 cm³/mol. The van der Waals surface area contributed by atoms with Crippen molar-refractivity contribution in [3.05, 3.63) is 76.8 Å². The van der Waals surface area contributed by atoms with Crippen molar-refractivity contribution < 1.29 is 14.3 Å². The lowest BCUT2D eigenvalue weighted by Crippen LogP contribution is -2.22. The smallest absolute Gasteiger partial charge is 0.271 e. The van der Waals surface area contributed by atoms with E-state index in [0.29, 0.717) is 34.9 Å². The first-order chi connectivity index (χ1) is 25.9. The fourth-order valence-electron chi connectivity index (χ4n) is 3.19. The molecule has 0 N–H and O–H groups in total. The lowest BCUT2D eigenvalue weighted by Gasteiger charge is -2.14. The zero-order chi connectivity index (χ0) is 44.7. The highest BCUT2D eigenvalue weighted by atomic mass is 16.5. The molecule has 0 aliphatic heterocycles. The van der Waals surface area contributed by atoms with Crippen LogP contribution in [-0.2, 0) is 0 Å². The Kier molecular flexibility index (Phi) is 49.2. The number of hydrogen-bond donors (Lipinski definition) is 0. The molecule has 0 saturated carbocycles. The summed E-state index contributed by atoms with van der Waals surface area (Å²) in [6.07, 6.45) is 10.9. The molecule has 0 spiro atoms. The molecule has 0 atom stereocenters. The molecule has 3 heterocycles. The molecule has 2 amide bonds. The third-order valence-electron chi connectivity index (χ3n) is 5.91. The number of nitrogens with zero attached hydrogens (tertiary/aromatic N) is 6. The summed E-state index contributed by atoms with van der Waals surface area (Å²) < 4.78 is 5.09. The van der Waals surface area contributed by atoms with E-state index in [1.165, 1.54) is 41.7 Å². The minimum Gasteiger partial charge on any atom is -0.480 e. The van der Waals surface area contributed by atoms with Gasteiger partial charge in [0.25, 0.3) is 11.8 Å². The van der Waals surface area contributed by atoms with Gasteiger partial charge < -0.3 is 14.5 Å². The number of methoxy groups -OCH3 is 1. The summed E-state index contributed by atoms with van der Waals surface area (Å²) in [6.45, 7) is 39.2. The summed E-state index contributed by atoms with van der Waals surface area (Å²) in [5, 5.41) is 0. The van der Waals surface area contributed by atoms with E-state index in [2.05, 4.69) is 103 Å². The Bertz CT molecular complexity index is 1270. The molecule has 0 aliphatic rings. The first-order valence-corrected chi connectivity index (χ1v) is 20.6. The summed E-state index contributed by atoms with van der Waals surface area (Å²) in [5.74, 6) is 2.37. The highest BCUT2D eigenvalue weighted by Crippen LogP contribution is 2.22. The van der Waals surface area contributed by atoms with E-state index in [1.54, 1.807) is 40.6 Å². The van der Waals surface area contributed by atoms with Crippen molar-refractivity contribution in [1.29, 1.82) is 0 Å². The van der Waals surface area contributed by atoms with E-state index in [4.69, 9.17) is 4.74 Å². The molecule has 320 valence electrons. The highest BCUT2D eigenvalue weighted by Gasteiger charge is 2.17. The zero-order valence-electron chi connectivity index (χ0n) is 40.3. The fourth-order valence-corrected chi connectivity index (χ4v) is 3.19. The lowest BCUT2D eigenvalue weighted by atomic mass is 10.0. The summed E-state index contributed by atoms with van der Waals surface area (Å²) in [6, 6.07) is 5.64. The monoisotopic (exact) mass is 773 g/mol. The van der Waals surface area contributed by atoms with Crippen LogP contribution >= 0.6 is 0 Å². The van der Waals surface area contributed by atoms with Gasteiger partial charge in [0.1, 0.15) is 17.1 Å². The number of pyridine rings is 2. The van der Waals surface area contributed by atoms with Crippen molar-refractivity contribution >= 4 is 11.8 Å². The number of rotatable bonds is 6. The van der Waals surface area contributed by atoms with E-state index in [9.17, 15) is 9.59 Å². The minimum atomic E-state index is -0.0909. The summed E-state index contributed by atoms with van der Waals surface area (Å²) in [7, 11) is 8.40. The Morgan fingerprint density at radius 3 is 1.27 bits per heavy atom. The molecule has 9 nitrogen and oxygen atoms in total. The molecule has 55 heavy (non-hydrogen) atoms. The molecular formula is C46H88N6O3.